The lowest BCUT2D eigenvalue weighted by atomic mass is 9.84. The van der Waals surface area contributed by atoms with Crippen molar-refractivity contribution in [2.24, 2.45) is 0 Å². The fourth-order valence-electron chi connectivity index (χ4n) is 9.41. The van der Waals surface area contributed by atoms with E-state index >= 15 is 0 Å². The summed E-state index contributed by atoms with van der Waals surface area (Å²) in [6.45, 7) is 0. The number of benzene rings is 11. The number of rotatable bonds is 4. The van der Waals surface area contributed by atoms with Crippen LogP contribution in [0.3, 0.4) is 0 Å². The summed E-state index contributed by atoms with van der Waals surface area (Å²) in [6.07, 6.45) is 1.89. The van der Waals surface area contributed by atoms with Crippen LogP contribution in [0.25, 0.3) is 120 Å². The van der Waals surface area contributed by atoms with E-state index in [1.54, 1.807) is 0 Å². The molecule has 0 fully saturated rings. The second-order valence-corrected chi connectivity index (χ2v) is 15.5. The van der Waals surface area contributed by atoms with Gasteiger partial charge in [-0.3, -0.25) is 4.98 Å². The Morgan fingerprint density at radius 3 is 1.36 bits per heavy atom. The summed E-state index contributed by atoms with van der Waals surface area (Å²) in [6, 6.07) is 76.1. The molecule has 0 atom stereocenters. The highest BCUT2D eigenvalue weighted by Crippen LogP contribution is 2.46. The molecule has 11 aromatic carbocycles. The van der Waals surface area contributed by atoms with E-state index in [1.165, 1.54) is 115 Å². The summed E-state index contributed by atoms with van der Waals surface area (Å²) in [5, 5.41) is 16.0. The zero-order valence-electron chi connectivity index (χ0n) is 31.7. The summed E-state index contributed by atoms with van der Waals surface area (Å²) in [4.78, 5) is 4.81. The Labute approximate surface area is 336 Å². The lowest BCUT2D eigenvalue weighted by molar-refractivity contribution is 1.43. The molecule has 0 spiro atoms. The van der Waals surface area contributed by atoms with Gasteiger partial charge < -0.3 is 0 Å². The molecule has 0 N–H and O–H groups in total. The van der Waals surface area contributed by atoms with E-state index in [0.29, 0.717) is 0 Å². The first-order valence-electron chi connectivity index (χ1n) is 20.0. The van der Waals surface area contributed by atoms with Crippen LogP contribution in [0.5, 0.6) is 0 Å². The molecule has 0 aliphatic rings. The smallest absolute Gasteiger partial charge is 0.0786 e. The van der Waals surface area contributed by atoms with Crippen molar-refractivity contribution in [2.75, 3.05) is 0 Å². The van der Waals surface area contributed by atoms with Gasteiger partial charge in [-0.05, 0) is 146 Å². The lowest BCUT2D eigenvalue weighted by Crippen LogP contribution is -1.92. The summed E-state index contributed by atoms with van der Waals surface area (Å²) in [5.41, 5.74) is 10.8. The average molecular weight is 734 g/mol. The fourth-order valence-corrected chi connectivity index (χ4v) is 9.41. The van der Waals surface area contributed by atoms with Crippen molar-refractivity contribution >= 4 is 75.5 Å². The largest absolute Gasteiger partial charge is 0.256 e. The molecule has 0 saturated heterocycles. The highest BCUT2D eigenvalue weighted by atomic mass is 14.6. The van der Waals surface area contributed by atoms with Crippen molar-refractivity contribution in [3.63, 3.8) is 0 Å². The minimum atomic E-state index is 1.04. The van der Waals surface area contributed by atoms with Crippen LogP contribution in [0.15, 0.2) is 212 Å². The first-order valence-corrected chi connectivity index (χ1v) is 20.0. The molecule has 1 heterocycles. The molecule has 1 heteroatoms. The molecule has 58 heavy (non-hydrogen) atoms. The Kier molecular flexibility index (Phi) is 7.30. The molecule has 0 aliphatic carbocycles. The van der Waals surface area contributed by atoms with Crippen molar-refractivity contribution < 1.29 is 0 Å². The topological polar surface area (TPSA) is 12.9 Å². The van der Waals surface area contributed by atoms with Gasteiger partial charge in [-0.1, -0.05) is 164 Å². The molecule has 1 nitrogen and oxygen atoms in total. The van der Waals surface area contributed by atoms with Gasteiger partial charge in [0.2, 0.25) is 0 Å². The van der Waals surface area contributed by atoms with Crippen LogP contribution >= 0.6 is 0 Å². The molecule has 0 unspecified atom stereocenters. The quantitative estimate of drug-likeness (QED) is 0.130. The Morgan fingerprint density at radius 2 is 0.672 bits per heavy atom. The second-order valence-electron chi connectivity index (χ2n) is 15.5. The number of hydrogen-bond donors (Lipinski definition) is 0. The molecule has 0 amide bonds. The Hall–Kier alpha value is -7.61. The van der Waals surface area contributed by atoms with E-state index in [0.717, 1.165) is 5.52 Å². The molecule has 12 aromatic rings. The molecule has 1 aromatic heterocycles. The number of fused-ring (bicyclic) bond motifs is 8. The second kappa shape index (κ2) is 13.0. The Morgan fingerprint density at radius 1 is 0.241 bits per heavy atom. The normalized spacial score (nSPS) is 11.8. The van der Waals surface area contributed by atoms with E-state index < -0.39 is 0 Å². The van der Waals surface area contributed by atoms with E-state index in [-0.39, 0.29) is 0 Å². The first-order chi connectivity index (χ1) is 28.7. The summed E-state index contributed by atoms with van der Waals surface area (Å²) in [5.74, 6) is 0. The van der Waals surface area contributed by atoms with Gasteiger partial charge in [-0.2, -0.15) is 0 Å². The van der Waals surface area contributed by atoms with Crippen molar-refractivity contribution in [1.82, 2.24) is 4.98 Å². The van der Waals surface area contributed by atoms with E-state index in [2.05, 4.69) is 200 Å². The molecular weight excluding hydrogens is 699 g/mol. The van der Waals surface area contributed by atoms with E-state index in [1.807, 2.05) is 12.3 Å². The maximum absolute atomic E-state index is 4.81. The van der Waals surface area contributed by atoms with Crippen LogP contribution in [0.2, 0.25) is 0 Å². The molecule has 0 aliphatic heterocycles. The van der Waals surface area contributed by atoms with Crippen LogP contribution in [0.4, 0.5) is 0 Å². The minimum Gasteiger partial charge on any atom is -0.256 e. The predicted molar refractivity (Wildman–Crippen MR) is 249 cm³/mol. The van der Waals surface area contributed by atoms with Gasteiger partial charge in [0, 0.05) is 17.0 Å². The highest BCUT2D eigenvalue weighted by Gasteiger charge is 2.19. The van der Waals surface area contributed by atoms with Gasteiger partial charge in [-0.25, -0.2) is 0 Å². The third-order valence-corrected chi connectivity index (χ3v) is 12.2. The van der Waals surface area contributed by atoms with Crippen molar-refractivity contribution in [3.05, 3.63) is 212 Å². The van der Waals surface area contributed by atoms with Crippen molar-refractivity contribution in [2.45, 2.75) is 0 Å². The lowest BCUT2D eigenvalue weighted by Gasteiger charge is -2.19. The molecule has 0 saturated carbocycles. The fraction of sp³-hybridized carbons (Fsp3) is 0. The van der Waals surface area contributed by atoms with Gasteiger partial charge in [0.15, 0.2) is 0 Å². The maximum Gasteiger partial charge on any atom is 0.0786 e. The molecule has 268 valence electrons. The zero-order chi connectivity index (χ0) is 38.2. The van der Waals surface area contributed by atoms with Crippen LogP contribution in [0.1, 0.15) is 0 Å². The monoisotopic (exact) mass is 733 g/mol. The SMILES string of the molecule is c1ccc2cc(-c3c4ccccc4c(-c4ccc5ccccc5c4)c4cc(-c5ccc6cc(-c7cc8ccccc8c8ncccc78)ccc6c5)ccc34)ccc2c1. The molecule has 0 radical (unpaired) electrons. The van der Waals surface area contributed by atoms with E-state index in [4.69, 9.17) is 4.98 Å². The number of hydrogen-bond acceptors (Lipinski definition) is 1. The Balaban J connectivity index is 1.06. The summed E-state index contributed by atoms with van der Waals surface area (Å²) in [7, 11) is 0. The molecule has 0 bridgehead atoms. The van der Waals surface area contributed by atoms with Gasteiger partial charge in [-0.15, -0.1) is 0 Å². The third kappa shape index (κ3) is 5.21. The van der Waals surface area contributed by atoms with Gasteiger partial charge in [0.1, 0.15) is 0 Å². The number of pyridine rings is 1. The number of nitrogens with zero attached hydrogens (tertiary/aromatic N) is 1. The first kappa shape index (κ1) is 32.6. The average Bonchev–Trinajstić information content (AvgIpc) is 3.29. The van der Waals surface area contributed by atoms with Gasteiger partial charge in [0.05, 0.1) is 5.52 Å². The Bertz CT molecular complexity index is 3630. The predicted octanol–water partition coefficient (Wildman–Crippen LogP) is 15.8. The van der Waals surface area contributed by atoms with Crippen LogP contribution in [-0.2, 0) is 0 Å². The minimum absolute atomic E-state index is 1.04. The molecular formula is C57H35N. The summed E-state index contributed by atoms with van der Waals surface area (Å²) >= 11 is 0. The summed E-state index contributed by atoms with van der Waals surface area (Å²) < 4.78 is 0. The van der Waals surface area contributed by atoms with E-state index in [9.17, 15) is 0 Å². The standard InChI is InChI=1S/C57H35N/c1-3-12-38-32-46(25-19-36(38)10-1)55-49-16-7-8-17-50(49)56(47-26-20-37-11-2-4-13-39(37)33-47)54-34-43(27-28-51(54)55)41-21-22-42-31-45(24-23-40(42)30-41)53-35-44-14-5-6-15-48(44)57-52(53)18-9-29-58-57/h1-35H. The van der Waals surface area contributed by atoms with Crippen LogP contribution in [-0.4, -0.2) is 4.98 Å². The van der Waals surface area contributed by atoms with Crippen molar-refractivity contribution in [3.8, 4) is 44.5 Å². The maximum atomic E-state index is 4.81. The van der Waals surface area contributed by atoms with Crippen LogP contribution < -0.4 is 0 Å². The third-order valence-electron chi connectivity index (χ3n) is 12.2. The van der Waals surface area contributed by atoms with Gasteiger partial charge >= 0.3 is 0 Å². The molecule has 12 rings (SSSR count). The van der Waals surface area contributed by atoms with Crippen molar-refractivity contribution in [1.29, 1.82) is 0 Å². The zero-order valence-corrected chi connectivity index (χ0v) is 31.7. The van der Waals surface area contributed by atoms with Crippen LogP contribution in [0, 0.1) is 0 Å². The number of aromatic nitrogens is 1. The van der Waals surface area contributed by atoms with Gasteiger partial charge in [0.25, 0.3) is 0 Å². The highest BCUT2D eigenvalue weighted by molar-refractivity contribution is 6.23.